The lowest BCUT2D eigenvalue weighted by atomic mass is 9.99. The molecule has 23 heavy (non-hydrogen) atoms. The first-order chi connectivity index (χ1) is 10.9. The molecule has 0 aliphatic carbocycles. The Morgan fingerprint density at radius 3 is 2.70 bits per heavy atom. The van der Waals surface area contributed by atoms with Crippen molar-refractivity contribution in [2.45, 2.75) is 30.7 Å². The number of aliphatic hydroxyl groups is 3. The number of fused-ring (bicyclic) bond motifs is 1. The molecule has 4 N–H and O–H groups in total. The smallest absolute Gasteiger partial charge is 0.335 e. The van der Waals surface area contributed by atoms with E-state index in [1.807, 2.05) is 0 Å². The van der Waals surface area contributed by atoms with Crippen LogP contribution in [0, 0.1) is 0 Å². The van der Waals surface area contributed by atoms with Gasteiger partial charge in [0.2, 0.25) is 6.29 Å². The number of aliphatic hydroxyl groups excluding tert-OH is 3. The van der Waals surface area contributed by atoms with Crippen LogP contribution >= 0.6 is 11.6 Å². The molecule has 1 fully saturated rings. The van der Waals surface area contributed by atoms with Gasteiger partial charge in [0.25, 0.3) is 0 Å². The third-order valence-electron chi connectivity index (χ3n) is 3.57. The molecule has 0 unspecified atom stereocenters. The monoisotopic (exact) mass is 347 g/mol. The molecule has 0 amide bonds. The lowest BCUT2D eigenvalue weighted by Gasteiger charge is -2.39. The van der Waals surface area contributed by atoms with Gasteiger partial charge in [0.15, 0.2) is 12.8 Å². The molecule has 10 heteroatoms. The van der Waals surface area contributed by atoms with Crippen LogP contribution in [0.5, 0.6) is 5.75 Å². The number of nitrogens with zero attached hydrogens (tertiary/aromatic N) is 1. The summed E-state index contributed by atoms with van der Waals surface area (Å²) in [5.74, 6) is -1.01. The van der Waals surface area contributed by atoms with Crippen molar-refractivity contribution in [1.82, 2.24) is 0 Å². The lowest BCUT2D eigenvalue weighted by Crippen LogP contribution is -2.61. The SMILES string of the molecule is O=C(O)[C@H]1O[C@@H](ON2COc3ccc(Cl)cc32)[C@H](O)[C@@H](O)[C@@H]1O. The van der Waals surface area contributed by atoms with Crippen molar-refractivity contribution in [3.63, 3.8) is 0 Å². The normalized spacial score (nSPS) is 33.2. The highest BCUT2D eigenvalue weighted by molar-refractivity contribution is 6.30. The standard InChI is InChI=1S/C13H14ClNO8/c14-5-1-2-7-6(3-5)15(4-21-7)23-13-10(18)8(16)9(17)11(22-13)12(19)20/h1-3,8-11,13,16-18H,4H2,(H,19,20)/t8-,9-,10+,11-,13-/m0/s1. The zero-order chi connectivity index (χ0) is 16.7. The summed E-state index contributed by atoms with van der Waals surface area (Å²) in [6, 6.07) is 4.80. The van der Waals surface area contributed by atoms with E-state index in [-0.39, 0.29) is 6.73 Å². The summed E-state index contributed by atoms with van der Waals surface area (Å²) in [4.78, 5) is 16.4. The molecule has 2 aliphatic heterocycles. The highest BCUT2D eigenvalue weighted by atomic mass is 35.5. The molecule has 0 saturated carbocycles. The minimum atomic E-state index is -1.78. The summed E-state index contributed by atoms with van der Waals surface area (Å²) >= 11 is 5.90. The number of hydrogen-bond acceptors (Lipinski definition) is 8. The number of carboxylic acid groups (broad SMARTS) is 1. The third kappa shape index (κ3) is 2.94. The molecule has 0 aromatic heterocycles. The Bertz CT molecular complexity index is 614. The van der Waals surface area contributed by atoms with E-state index < -0.39 is 36.7 Å². The van der Waals surface area contributed by atoms with Crippen LogP contribution in [-0.4, -0.2) is 63.8 Å². The largest absolute Gasteiger partial charge is 0.479 e. The van der Waals surface area contributed by atoms with Crippen LogP contribution < -0.4 is 9.80 Å². The maximum Gasteiger partial charge on any atom is 0.335 e. The quantitative estimate of drug-likeness (QED) is 0.562. The minimum absolute atomic E-state index is 0.0430. The Morgan fingerprint density at radius 1 is 1.26 bits per heavy atom. The number of carboxylic acids is 1. The number of carbonyl (C=O) groups is 1. The number of ether oxygens (including phenoxy) is 2. The van der Waals surface area contributed by atoms with Gasteiger partial charge in [-0.15, -0.1) is 0 Å². The number of hydrogen-bond donors (Lipinski definition) is 4. The first-order valence-electron chi connectivity index (χ1n) is 6.67. The van der Waals surface area contributed by atoms with E-state index in [0.717, 1.165) is 0 Å². The molecule has 2 heterocycles. The predicted molar refractivity (Wildman–Crippen MR) is 74.8 cm³/mol. The van der Waals surface area contributed by atoms with Gasteiger partial charge in [-0.05, 0) is 18.2 Å². The van der Waals surface area contributed by atoms with E-state index in [4.69, 9.17) is 31.0 Å². The molecule has 3 rings (SSSR count). The van der Waals surface area contributed by atoms with Gasteiger partial charge >= 0.3 is 5.97 Å². The lowest BCUT2D eigenvalue weighted by molar-refractivity contribution is -0.297. The Balaban J connectivity index is 1.78. The van der Waals surface area contributed by atoms with E-state index in [1.165, 1.54) is 5.06 Å². The third-order valence-corrected chi connectivity index (χ3v) is 3.81. The van der Waals surface area contributed by atoms with Crippen LogP contribution in [0.1, 0.15) is 0 Å². The second-order valence-electron chi connectivity index (χ2n) is 5.10. The van der Waals surface area contributed by atoms with E-state index in [9.17, 15) is 20.1 Å². The predicted octanol–water partition coefficient (Wildman–Crippen LogP) is -0.680. The average Bonchev–Trinajstić information content (AvgIpc) is 2.89. The number of rotatable bonds is 3. The Hall–Kier alpha value is -1.62. The number of aliphatic carboxylic acids is 1. The molecular formula is C13H14ClNO8. The summed E-state index contributed by atoms with van der Waals surface area (Å²) in [6.07, 6.45) is -8.41. The van der Waals surface area contributed by atoms with Crippen molar-refractivity contribution >= 4 is 23.3 Å². The maximum atomic E-state index is 11.1. The van der Waals surface area contributed by atoms with Gasteiger partial charge in [0, 0.05) is 5.02 Å². The van der Waals surface area contributed by atoms with Crippen molar-refractivity contribution in [1.29, 1.82) is 0 Å². The van der Waals surface area contributed by atoms with Crippen LogP contribution in [0.2, 0.25) is 5.02 Å². The fourth-order valence-electron chi connectivity index (χ4n) is 2.36. The highest BCUT2D eigenvalue weighted by Crippen LogP contribution is 2.37. The highest BCUT2D eigenvalue weighted by Gasteiger charge is 2.48. The van der Waals surface area contributed by atoms with Crippen molar-refractivity contribution in [3.05, 3.63) is 23.2 Å². The molecular weight excluding hydrogens is 334 g/mol. The Morgan fingerprint density at radius 2 is 2.00 bits per heavy atom. The van der Waals surface area contributed by atoms with Crippen LogP contribution in [0.15, 0.2) is 18.2 Å². The summed E-state index contributed by atoms with van der Waals surface area (Å²) in [6.45, 7) is -0.0430. The average molecular weight is 348 g/mol. The maximum absolute atomic E-state index is 11.1. The van der Waals surface area contributed by atoms with Crippen molar-refractivity contribution < 1.29 is 39.5 Å². The molecule has 0 radical (unpaired) electrons. The molecule has 1 saturated heterocycles. The van der Waals surface area contributed by atoms with Crippen LogP contribution in [0.25, 0.3) is 0 Å². The Kier molecular flexibility index (Phi) is 4.32. The summed E-state index contributed by atoms with van der Waals surface area (Å²) in [5, 5.41) is 39.9. The van der Waals surface area contributed by atoms with Crippen molar-refractivity contribution in [2.24, 2.45) is 0 Å². The van der Waals surface area contributed by atoms with Crippen molar-refractivity contribution in [3.8, 4) is 5.75 Å². The molecule has 5 atom stereocenters. The van der Waals surface area contributed by atoms with Crippen molar-refractivity contribution in [2.75, 3.05) is 11.8 Å². The van der Waals surface area contributed by atoms with E-state index in [1.54, 1.807) is 18.2 Å². The molecule has 1 aromatic rings. The van der Waals surface area contributed by atoms with Crippen LogP contribution in [0.4, 0.5) is 5.69 Å². The van der Waals surface area contributed by atoms with Gasteiger partial charge in [0.1, 0.15) is 29.7 Å². The molecule has 0 bridgehead atoms. The van der Waals surface area contributed by atoms with Gasteiger partial charge in [-0.1, -0.05) is 11.6 Å². The fourth-order valence-corrected chi connectivity index (χ4v) is 2.52. The summed E-state index contributed by atoms with van der Waals surface area (Å²) in [7, 11) is 0. The Labute approximate surface area is 135 Å². The van der Waals surface area contributed by atoms with Crippen LogP contribution in [-0.2, 0) is 14.4 Å². The second kappa shape index (κ2) is 6.11. The first kappa shape index (κ1) is 16.2. The van der Waals surface area contributed by atoms with Gasteiger partial charge in [-0.25, -0.2) is 14.7 Å². The zero-order valence-electron chi connectivity index (χ0n) is 11.6. The van der Waals surface area contributed by atoms with Gasteiger partial charge in [-0.3, -0.25) is 0 Å². The molecule has 9 nitrogen and oxygen atoms in total. The molecule has 2 aliphatic rings. The molecule has 126 valence electrons. The second-order valence-corrected chi connectivity index (χ2v) is 5.54. The molecule has 1 aromatic carbocycles. The van der Waals surface area contributed by atoms with E-state index >= 15 is 0 Å². The minimum Gasteiger partial charge on any atom is -0.479 e. The molecule has 0 spiro atoms. The summed E-state index contributed by atoms with van der Waals surface area (Å²) < 4.78 is 10.4. The van der Waals surface area contributed by atoms with E-state index in [2.05, 4.69) is 0 Å². The van der Waals surface area contributed by atoms with E-state index in [0.29, 0.717) is 16.5 Å². The fraction of sp³-hybridized carbons (Fsp3) is 0.462. The van der Waals surface area contributed by atoms with Gasteiger partial charge < -0.3 is 29.9 Å². The zero-order valence-corrected chi connectivity index (χ0v) is 12.3. The number of hydroxylamine groups is 1. The first-order valence-corrected chi connectivity index (χ1v) is 7.05. The number of anilines is 1. The number of benzene rings is 1. The van der Waals surface area contributed by atoms with Gasteiger partial charge in [0.05, 0.1) is 0 Å². The number of halogens is 1. The van der Waals surface area contributed by atoms with Gasteiger partial charge in [-0.2, -0.15) is 0 Å². The summed E-state index contributed by atoms with van der Waals surface area (Å²) in [5.41, 5.74) is 0.459. The van der Waals surface area contributed by atoms with Crippen LogP contribution in [0.3, 0.4) is 0 Å². The topological polar surface area (TPSA) is 129 Å².